The maximum atomic E-state index is 13.0. The quantitative estimate of drug-likeness (QED) is 0.517. The second-order valence-electron chi connectivity index (χ2n) is 8.06. The minimum atomic E-state index is -1.37. The lowest BCUT2D eigenvalue weighted by atomic mass is 9.95. The molecule has 1 amide bonds. The van der Waals surface area contributed by atoms with E-state index in [9.17, 15) is 14.7 Å². The number of carboxylic acids is 1. The fraction of sp³-hybridized carbons (Fsp3) is 0.231. The Kier molecular flexibility index (Phi) is 6.56. The van der Waals surface area contributed by atoms with Crippen molar-refractivity contribution in [2.24, 2.45) is 0 Å². The van der Waals surface area contributed by atoms with Crippen LogP contribution in [-0.4, -0.2) is 36.2 Å². The monoisotopic (exact) mass is 465 g/mol. The summed E-state index contributed by atoms with van der Waals surface area (Å²) in [5.41, 5.74) is 1.84. The lowest BCUT2D eigenvalue weighted by Gasteiger charge is -2.25. The van der Waals surface area contributed by atoms with Crippen LogP contribution in [0.3, 0.4) is 0 Å². The van der Waals surface area contributed by atoms with Gasteiger partial charge in [0, 0.05) is 29.8 Å². The molecule has 0 aliphatic heterocycles. The number of hydrogen-bond donors (Lipinski definition) is 2. The second-order valence-corrected chi connectivity index (χ2v) is 8.49. The Morgan fingerprint density at radius 2 is 1.73 bits per heavy atom. The van der Waals surface area contributed by atoms with E-state index in [-0.39, 0.29) is 12.8 Å². The van der Waals surface area contributed by atoms with Crippen molar-refractivity contribution in [1.29, 1.82) is 0 Å². The molecule has 170 valence electrons. The highest BCUT2D eigenvalue weighted by atomic mass is 35.5. The molecular formula is C26H24ClNO5. The number of benzene rings is 3. The predicted octanol–water partition coefficient (Wildman–Crippen LogP) is 4.32. The minimum Gasteiger partial charge on any atom is -0.493 e. The highest BCUT2D eigenvalue weighted by molar-refractivity contribution is 6.30. The van der Waals surface area contributed by atoms with Crippen LogP contribution < -0.4 is 14.8 Å². The van der Waals surface area contributed by atoms with Crippen LogP contribution in [0.1, 0.15) is 27.0 Å². The fourth-order valence-electron chi connectivity index (χ4n) is 4.10. The number of rotatable bonds is 8. The first-order chi connectivity index (χ1) is 15.9. The van der Waals surface area contributed by atoms with Gasteiger partial charge in [-0.15, -0.1) is 0 Å². The smallest absolute Gasteiger partial charge is 0.330 e. The summed E-state index contributed by atoms with van der Waals surface area (Å²) in [6.45, 7) is 0.405. The van der Waals surface area contributed by atoms with Crippen LogP contribution in [0.4, 0.5) is 0 Å². The molecule has 0 aromatic heterocycles. The Balaban J connectivity index is 1.45. The summed E-state index contributed by atoms with van der Waals surface area (Å²) < 4.78 is 11.3. The number of amides is 1. The van der Waals surface area contributed by atoms with E-state index in [1.54, 1.807) is 18.2 Å². The van der Waals surface area contributed by atoms with Crippen LogP contribution in [0.2, 0.25) is 5.02 Å². The molecule has 33 heavy (non-hydrogen) atoms. The maximum absolute atomic E-state index is 13.0. The van der Waals surface area contributed by atoms with Gasteiger partial charge in [-0.2, -0.15) is 0 Å². The van der Waals surface area contributed by atoms with Gasteiger partial charge in [0.05, 0.1) is 13.7 Å². The van der Waals surface area contributed by atoms with Gasteiger partial charge in [-0.3, -0.25) is 4.79 Å². The van der Waals surface area contributed by atoms with Crippen LogP contribution >= 0.6 is 11.6 Å². The molecule has 1 aliphatic rings. The fourth-order valence-corrected chi connectivity index (χ4v) is 4.31. The van der Waals surface area contributed by atoms with Crippen molar-refractivity contribution in [3.8, 4) is 11.5 Å². The Morgan fingerprint density at radius 3 is 2.36 bits per heavy atom. The average molecular weight is 466 g/mol. The van der Waals surface area contributed by atoms with Crippen LogP contribution in [0, 0.1) is 0 Å². The summed E-state index contributed by atoms with van der Waals surface area (Å²) in [5.74, 6) is -0.640. The zero-order chi connectivity index (χ0) is 23.4. The molecule has 0 radical (unpaired) electrons. The molecule has 0 heterocycles. The molecule has 4 rings (SSSR count). The third-order valence-electron chi connectivity index (χ3n) is 5.83. The predicted molar refractivity (Wildman–Crippen MR) is 125 cm³/mol. The van der Waals surface area contributed by atoms with E-state index in [0.29, 0.717) is 35.1 Å². The minimum absolute atomic E-state index is 0.242. The second kappa shape index (κ2) is 9.55. The van der Waals surface area contributed by atoms with E-state index in [0.717, 1.165) is 16.7 Å². The van der Waals surface area contributed by atoms with Crippen LogP contribution in [0.25, 0.3) is 0 Å². The molecule has 2 N–H and O–H groups in total. The third kappa shape index (κ3) is 4.96. The summed E-state index contributed by atoms with van der Waals surface area (Å²) in [6, 6.07) is 19.9. The molecule has 0 fully saturated rings. The SMILES string of the molecule is COc1cc(C(=O)NC2(C(=O)O)Cc3ccccc3C2)ccc1OCCc1cccc(Cl)c1. The summed E-state index contributed by atoms with van der Waals surface area (Å²) in [4.78, 5) is 25.1. The van der Waals surface area contributed by atoms with Gasteiger partial charge in [-0.25, -0.2) is 4.79 Å². The highest BCUT2D eigenvalue weighted by Gasteiger charge is 2.45. The average Bonchev–Trinajstić information content (AvgIpc) is 3.18. The Labute approximate surface area is 197 Å². The zero-order valence-corrected chi connectivity index (χ0v) is 18.9. The number of methoxy groups -OCH3 is 1. The van der Waals surface area contributed by atoms with E-state index < -0.39 is 17.4 Å². The van der Waals surface area contributed by atoms with Crippen molar-refractivity contribution in [3.63, 3.8) is 0 Å². The van der Waals surface area contributed by atoms with Crippen LogP contribution in [0.15, 0.2) is 66.7 Å². The van der Waals surface area contributed by atoms with E-state index in [4.69, 9.17) is 21.1 Å². The summed E-state index contributed by atoms with van der Waals surface area (Å²) in [5, 5.41) is 13.3. The number of fused-ring (bicyclic) bond motifs is 1. The number of hydrogen-bond acceptors (Lipinski definition) is 4. The Morgan fingerprint density at radius 1 is 1.00 bits per heavy atom. The number of nitrogens with one attached hydrogen (secondary N) is 1. The van der Waals surface area contributed by atoms with Gasteiger partial charge in [-0.05, 0) is 47.0 Å². The van der Waals surface area contributed by atoms with Crippen LogP contribution in [-0.2, 0) is 24.1 Å². The third-order valence-corrected chi connectivity index (χ3v) is 6.06. The van der Waals surface area contributed by atoms with Crippen molar-refractivity contribution in [2.75, 3.05) is 13.7 Å². The molecular weight excluding hydrogens is 442 g/mol. The van der Waals surface area contributed by atoms with E-state index in [1.165, 1.54) is 7.11 Å². The molecule has 0 bridgehead atoms. The highest BCUT2D eigenvalue weighted by Crippen LogP contribution is 2.32. The van der Waals surface area contributed by atoms with E-state index in [2.05, 4.69) is 5.32 Å². The topological polar surface area (TPSA) is 84.9 Å². The summed E-state index contributed by atoms with van der Waals surface area (Å²) in [6.07, 6.45) is 1.14. The number of aliphatic carboxylic acids is 1. The molecule has 0 spiro atoms. The van der Waals surface area contributed by atoms with E-state index in [1.807, 2.05) is 48.5 Å². The van der Waals surface area contributed by atoms with Crippen LogP contribution in [0.5, 0.6) is 11.5 Å². The standard InChI is InChI=1S/C26H24ClNO5/c1-32-23-14-18(9-10-22(23)33-12-11-17-5-4-8-21(27)13-17)24(29)28-26(25(30)31)15-19-6-2-3-7-20(19)16-26/h2-10,13-14H,11-12,15-16H2,1H3,(H,28,29)(H,30,31). The van der Waals surface area contributed by atoms with Gasteiger partial charge in [0.2, 0.25) is 0 Å². The van der Waals surface area contributed by atoms with Crippen molar-refractivity contribution in [1.82, 2.24) is 5.32 Å². The normalized spacial score (nSPS) is 13.8. The molecule has 0 saturated carbocycles. The number of carbonyl (C=O) groups is 2. The summed E-state index contributed by atoms with van der Waals surface area (Å²) in [7, 11) is 1.49. The molecule has 1 aliphatic carbocycles. The number of carboxylic acid groups (broad SMARTS) is 1. The zero-order valence-electron chi connectivity index (χ0n) is 18.1. The number of halogens is 1. The summed E-state index contributed by atoms with van der Waals surface area (Å²) >= 11 is 6.02. The van der Waals surface area contributed by atoms with Gasteiger partial charge < -0.3 is 19.9 Å². The van der Waals surface area contributed by atoms with Gasteiger partial charge in [-0.1, -0.05) is 48.0 Å². The Hall–Kier alpha value is -3.51. The number of carbonyl (C=O) groups excluding carboxylic acids is 1. The molecule has 3 aromatic rings. The van der Waals surface area contributed by atoms with Crippen molar-refractivity contribution in [3.05, 3.63) is 94.0 Å². The van der Waals surface area contributed by atoms with Gasteiger partial charge in [0.15, 0.2) is 11.5 Å². The molecule has 6 nitrogen and oxygen atoms in total. The molecule has 3 aromatic carbocycles. The first-order valence-corrected chi connectivity index (χ1v) is 11.0. The lowest BCUT2D eigenvalue weighted by Crippen LogP contribution is -2.55. The van der Waals surface area contributed by atoms with Crippen molar-refractivity contribution < 1.29 is 24.2 Å². The van der Waals surface area contributed by atoms with Gasteiger partial charge in [0.1, 0.15) is 5.54 Å². The van der Waals surface area contributed by atoms with Crippen molar-refractivity contribution in [2.45, 2.75) is 24.8 Å². The molecule has 0 atom stereocenters. The number of ether oxygens (including phenoxy) is 2. The first-order valence-electron chi connectivity index (χ1n) is 10.6. The molecule has 0 unspecified atom stereocenters. The first kappa shape index (κ1) is 22.7. The maximum Gasteiger partial charge on any atom is 0.330 e. The Bertz CT molecular complexity index is 1170. The van der Waals surface area contributed by atoms with Crippen molar-refractivity contribution >= 4 is 23.5 Å². The van der Waals surface area contributed by atoms with E-state index >= 15 is 0 Å². The molecule has 7 heteroatoms. The van der Waals surface area contributed by atoms with Gasteiger partial charge in [0.25, 0.3) is 5.91 Å². The van der Waals surface area contributed by atoms with Gasteiger partial charge >= 0.3 is 5.97 Å². The molecule has 0 saturated heterocycles. The largest absolute Gasteiger partial charge is 0.493 e. The lowest BCUT2D eigenvalue weighted by molar-refractivity contribution is -0.144.